The number of amides is 1. The number of benzene rings is 3. The van der Waals surface area contributed by atoms with Crippen molar-refractivity contribution in [1.82, 2.24) is 4.90 Å². The molecule has 1 N–H and O–H groups in total. The van der Waals surface area contributed by atoms with Crippen molar-refractivity contribution in [3.8, 4) is 11.5 Å². The molecule has 0 unspecified atom stereocenters. The van der Waals surface area contributed by atoms with Gasteiger partial charge in [0.25, 0.3) is 0 Å². The zero-order valence-electron chi connectivity index (χ0n) is 21.7. The van der Waals surface area contributed by atoms with Crippen molar-refractivity contribution >= 4 is 23.5 Å². The van der Waals surface area contributed by atoms with E-state index in [4.69, 9.17) is 21.1 Å². The lowest BCUT2D eigenvalue weighted by Gasteiger charge is -2.24. The second kappa shape index (κ2) is 11.4. The Morgan fingerprint density at radius 2 is 1.76 bits per heavy atom. The van der Waals surface area contributed by atoms with E-state index in [0.29, 0.717) is 18.6 Å². The number of fused-ring (bicyclic) bond motifs is 1. The minimum atomic E-state index is -1.07. The number of carbonyl (C=O) groups is 2. The molecule has 4 rings (SSSR count). The van der Waals surface area contributed by atoms with Gasteiger partial charge in [0.2, 0.25) is 5.91 Å². The summed E-state index contributed by atoms with van der Waals surface area (Å²) in [5.74, 6) is -0.379. The number of nitrogens with zero attached hydrogens (tertiary/aromatic N) is 1. The fraction of sp³-hybridized carbons (Fsp3) is 0.333. The van der Waals surface area contributed by atoms with Gasteiger partial charge in [0.15, 0.2) is 0 Å². The fourth-order valence-corrected chi connectivity index (χ4v) is 4.83. The Labute approximate surface area is 226 Å². The molecule has 0 spiro atoms. The monoisotopic (exact) mass is 539 g/mol. The van der Waals surface area contributed by atoms with E-state index in [2.05, 4.69) is 0 Å². The maximum Gasteiger partial charge on any atom is 0.323 e. The van der Waals surface area contributed by atoms with Crippen LogP contribution in [0.15, 0.2) is 60.7 Å². The molecular weight excluding hydrogens is 509 g/mol. The van der Waals surface area contributed by atoms with Crippen LogP contribution in [0.2, 0.25) is 5.02 Å². The fourth-order valence-electron chi connectivity index (χ4n) is 4.71. The standard InChI is InChI=1S/C30H31ClFNO5/c1-19(2)37-24-8-4-20(5-9-24)17-33(18-29(35)36)28(34)14-21-7-11-27-23(12-21)16-30(3,38-27)15-22-6-10-25(31)26(32)13-22/h4-13,19H,14-18H2,1-3H3,(H,35,36)/t30-/m0/s1. The Morgan fingerprint density at radius 1 is 1.08 bits per heavy atom. The number of hydrogen-bond donors (Lipinski definition) is 1. The van der Waals surface area contributed by atoms with E-state index in [1.54, 1.807) is 6.07 Å². The highest BCUT2D eigenvalue weighted by Crippen LogP contribution is 2.38. The topological polar surface area (TPSA) is 76.1 Å². The average Bonchev–Trinajstić information content (AvgIpc) is 3.16. The van der Waals surface area contributed by atoms with E-state index in [-0.39, 0.29) is 30.0 Å². The van der Waals surface area contributed by atoms with Gasteiger partial charge in [-0.15, -0.1) is 0 Å². The van der Waals surface area contributed by atoms with E-state index < -0.39 is 23.9 Å². The van der Waals surface area contributed by atoms with E-state index in [1.165, 1.54) is 17.0 Å². The van der Waals surface area contributed by atoms with Crippen molar-refractivity contribution in [3.63, 3.8) is 0 Å². The molecule has 1 atom stereocenters. The molecule has 6 nitrogen and oxygen atoms in total. The minimum absolute atomic E-state index is 0.0435. The van der Waals surface area contributed by atoms with Crippen LogP contribution < -0.4 is 9.47 Å². The molecule has 0 fully saturated rings. The number of carboxylic acids is 1. The van der Waals surface area contributed by atoms with Gasteiger partial charge in [-0.3, -0.25) is 9.59 Å². The molecule has 1 aliphatic rings. The molecule has 1 amide bonds. The van der Waals surface area contributed by atoms with Crippen LogP contribution in [-0.2, 0) is 35.4 Å². The van der Waals surface area contributed by atoms with Gasteiger partial charge in [-0.1, -0.05) is 41.9 Å². The van der Waals surface area contributed by atoms with Gasteiger partial charge < -0.3 is 19.5 Å². The number of ether oxygens (including phenoxy) is 2. The van der Waals surface area contributed by atoms with E-state index in [9.17, 15) is 19.1 Å². The highest BCUT2D eigenvalue weighted by atomic mass is 35.5. The van der Waals surface area contributed by atoms with Gasteiger partial charge >= 0.3 is 5.97 Å². The summed E-state index contributed by atoms with van der Waals surface area (Å²) in [7, 11) is 0. The Bertz CT molecular complexity index is 1330. The van der Waals surface area contributed by atoms with Gasteiger partial charge in [-0.05, 0) is 73.4 Å². The van der Waals surface area contributed by atoms with Crippen LogP contribution >= 0.6 is 11.6 Å². The maximum absolute atomic E-state index is 13.9. The first-order valence-electron chi connectivity index (χ1n) is 12.5. The SMILES string of the molecule is CC(C)Oc1ccc(CN(CC(=O)O)C(=O)Cc2ccc3c(c2)C[C@](C)(Cc2ccc(Cl)c(F)c2)O3)cc1. The predicted molar refractivity (Wildman–Crippen MR) is 143 cm³/mol. The number of halogens is 2. The first-order valence-corrected chi connectivity index (χ1v) is 12.9. The first-order chi connectivity index (χ1) is 18.0. The number of aliphatic carboxylic acids is 1. The number of hydrogen-bond acceptors (Lipinski definition) is 4. The molecule has 1 heterocycles. The maximum atomic E-state index is 13.9. The van der Waals surface area contributed by atoms with Gasteiger partial charge in [-0.2, -0.15) is 0 Å². The molecule has 0 aliphatic carbocycles. The normalized spacial score (nSPS) is 16.2. The van der Waals surface area contributed by atoms with Crippen LogP contribution in [-0.4, -0.2) is 40.1 Å². The molecule has 38 heavy (non-hydrogen) atoms. The van der Waals surface area contributed by atoms with Gasteiger partial charge in [0.05, 0.1) is 17.5 Å². The van der Waals surface area contributed by atoms with Gasteiger partial charge in [0, 0.05) is 19.4 Å². The molecule has 3 aromatic carbocycles. The summed E-state index contributed by atoms with van der Waals surface area (Å²) in [5.41, 5.74) is 2.76. The van der Waals surface area contributed by atoms with Crippen molar-refractivity contribution < 1.29 is 28.6 Å². The Kier molecular flexibility index (Phi) is 8.26. The van der Waals surface area contributed by atoms with Crippen molar-refractivity contribution in [2.45, 2.75) is 58.3 Å². The summed E-state index contributed by atoms with van der Waals surface area (Å²) < 4.78 is 25.8. The number of rotatable bonds is 10. The first kappa shape index (κ1) is 27.5. The Morgan fingerprint density at radius 3 is 2.42 bits per heavy atom. The predicted octanol–water partition coefficient (Wildman–Crippen LogP) is 5.86. The summed E-state index contributed by atoms with van der Waals surface area (Å²) >= 11 is 5.81. The molecule has 0 radical (unpaired) electrons. The molecule has 8 heteroatoms. The Hall–Kier alpha value is -3.58. The molecule has 0 aromatic heterocycles. The van der Waals surface area contributed by atoms with Crippen LogP contribution in [0.4, 0.5) is 4.39 Å². The molecule has 0 saturated heterocycles. The lowest BCUT2D eigenvalue weighted by molar-refractivity contribution is -0.144. The molecule has 0 bridgehead atoms. The Balaban J connectivity index is 1.43. The van der Waals surface area contributed by atoms with Crippen LogP contribution in [0.25, 0.3) is 0 Å². The average molecular weight is 540 g/mol. The third kappa shape index (κ3) is 7.04. The van der Waals surface area contributed by atoms with Crippen molar-refractivity contribution in [1.29, 1.82) is 0 Å². The molecule has 3 aromatic rings. The minimum Gasteiger partial charge on any atom is -0.491 e. The number of carboxylic acid groups (broad SMARTS) is 1. The third-order valence-corrected chi connectivity index (χ3v) is 6.62. The summed E-state index contributed by atoms with van der Waals surface area (Å²) in [6.45, 7) is 5.63. The molecule has 0 saturated carbocycles. The van der Waals surface area contributed by atoms with Crippen molar-refractivity contribution in [3.05, 3.63) is 93.8 Å². The summed E-state index contributed by atoms with van der Waals surface area (Å²) in [6, 6.07) is 17.6. The second-order valence-electron chi connectivity index (χ2n) is 10.2. The lowest BCUT2D eigenvalue weighted by Crippen LogP contribution is -2.36. The summed E-state index contributed by atoms with van der Waals surface area (Å²) in [5, 5.41) is 9.48. The quantitative estimate of drug-likeness (QED) is 0.349. The highest BCUT2D eigenvalue weighted by Gasteiger charge is 2.35. The van der Waals surface area contributed by atoms with Crippen LogP contribution in [0.5, 0.6) is 11.5 Å². The third-order valence-electron chi connectivity index (χ3n) is 6.31. The van der Waals surface area contributed by atoms with E-state index in [1.807, 2.05) is 63.2 Å². The van der Waals surface area contributed by atoms with Crippen LogP contribution in [0.1, 0.15) is 43.0 Å². The summed E-state index contributed by atoms with van der Waals surface area (Å²) in [6.07, 6.45) is 1.20. The van der Waals surface area contributed by atoms with Crippen molar-refractivity contribution in [2.75, 3.05) is 6.54 Å². The van der Waals surface area contributed by atoms with E-state index >= 15 is 0 Å². The largest absolute Gasteiger partial charge is 0.491 e. The molecular formula is C30H31ClFNO5. The highest BCUT2D eigenvalue weighted by molar-refractivity contribution is 6.30. The van der Waals surface area contributed by atoms with Gasteiger partial charge in [-0.25, -0.2) is 4.39 Å². The van der Waals surface area contributed by atoms with Crippen LogP contribution in [0, 0.1) is 5.82 Å². The lowest BCUT2D eigenvalue weighted by atomic mass is 9.91. The number of carbonyl (C=O) groups excluding carboxylic acids is 1. The summed E-state index contributed by atoms with van der Waals surface area (Å²) in [4.78, 5) is 26.0. The van der Waals surface area contributed by atoms with E-state index in [0.717, 1.165) is 28.0 Å². The molecule has 200 valence electrons. The zero-order chi connectivity index (χ0) is 27.4. The second-order valence-corrected chi connectivity index (χ2v) is 10.6. The van der Waals surface area contributed by atoms with Crippen LogP contribution in [0.3, 0.4) is 0 Å². The zero-order valence-corrected chi connectivity index (χ0v) is 22.4. The van der Waals surface area contributed by atoms with Crippen molar-refractivity contribution in [2.24, 2.45) is 0 Å². The van der Waals surface area contributed by atoms with Gasteiger partial charge in [0.1, 0.15) is 29.5 Å². The molecule has 1 aliphatic heterocycles. The smallest absolute Gasteiger partial charge is 0.323 e.